The highest BCUT2D eigenvalue weighted by molar-refractivity contribution is 4.65. The van der Waals surface area contributed by atoms with E-state index in [1.54, 1.807) is 0 Å². The van der Waals surface area contributed by atoms with Crippen molar-refractivity contribution in [1.29, 1.82) is 0 Å². The summed E-state index contributed by atoms with van der Waals surface area (Å²) in [7, 11) is 0. The van der Waals surface area contributed by atoms with E-state index in [1.165, 1.54) is 0 Å². The van der Waals surface area contributed by atoms with Gasteiger partial charge in [0.05, 0.1) is 6.61 Å². The highest BCUT2D eigenvalue weighted by Gasteiger charge is 2.20. The molecule has 0 aromatic rings. The van der Waals surface area contributed by atoms with Gasteiger partial charge in [-0.1, -0.05) is 0 Å². The number of nitrogens with one attached hydrogen (secondary N) is 1. The minimum atomic E-state index is 0.0763. The highest BCUT2D eigenvalue weighted by Crippen LogP contribution is 2.06. The van der Waals surface area contributed by atoms with Crippen LogP contribution in [0.4, 0.5) is 0 Å². The van der Waals surface area contributed by atoms with Gasteiger partial charge in [0.1, 0.15) is 6.23 Å². The highest BCUT2D eigenvalue weighted by atomic mass is 16.7. The van der Waals surface area contributed by atoms with Crippen molar-refractivity contribution in [3.63, 3.8) is 0 Å². The molecule has 1 fully saturated rings. The molecule has 1 aliphatic heterocycles. The molecular formula is C9H20N2O2. The predicted molar refractivity (Wildman–Crippen MR) is 51.2 cm³/mol. The first-order chi connectivity index (χ1) is 6.38. The lowest BCUT2D eigenvalue weighted by atomic mass is 10.4. The SMILES string of the molecule is CCOC1CNCCCN1OCC. The summed E-state index contributed by atoms with van der Waals surface area (Å²) in [6.07, 6.45) is 1.19. The first kappa shape index (κ1) is 10.9. The van der Waals surface area contributed by atoms with Crippen molar-refractivity contribution in [3.8, 4) is 0 Å². The molecule has 4 heteroatoms. The van der Waals surface area contributed by atoms with Crippen LogP contribution < -0.4 is 5.32 Å². The Morgan fingerprint density at radius 3 is 2.92 bits per heavy atom. The quantitative estimate of drug-likeness (QED) is 0.700. The molecule has 0 amide bonds. The third-order valence-corrected chi connectivity index (χ3v) is 2.03. The van der Waals surface area contributed by atoms with Gasteiger partial charge in [-0.15, -0.1) is 0 Å². The molecular weight excluding hydrogens is 168 g/mol. The van der Waals surface area contributed by atoms with Crippen molar-refractivity contribution in [3.05, 3.63) is 0 Å². The van der Waals surface area contributed by atoms with Gasteiger partial charge in [-0.2, -0.15) is 5.06 Å². The van der Waals surface area contributed by atoms with Gasteiger partial charge >= 0.3 is 0 Å². The minimum absolute atomic E-state index is 0.0763. The second-order valence-corrected chi connectivity index (χ2v) is 3.03. The van der Waals surface area contributed by atoms with Crippen molar-refractivity contribution < 1.29 is 9.57 Å². The van der Waals surface area contributed by atoms with Gasteiger partial charge in [-0.05, 0) is 26.8 Å². The molecule has 0 aromatic heterocycles. The van der Waals surface area contributed by atoms with E-state index in [1.807, 2.05) is 18.9 Å². The zero-order valence-corrected chi connectivity index (χ0v) is 8.58. The minimum Gasteiger partial charge on any atom is -0.360 e. The van der Waals surface area contributed by atoms with Gasteiger partial charge in [0.15, 0.2) is 0 Å². The van der Waals surface area contributed by atoms with Crippen LogP contribution in [0.2, 0.25) is 0 Å². The molecule has 0 spiro atoms. The van der Waals surface area contributed by atoms with Crippen LogP contribution >= 0.6 is 0 Å². The summed E-state index contributed by atoms with van der Waals surface area (Å²) in [4.78, 5) is 5.50. The Morgan fingerprint density at radius 1 is 1.38 bits per heavy atom. The van der Waals surface area contributed by atoms with Crippen molar-refractivity contribution >= 4 is 0 Å². The maximum absolute atomic E-state index is 5.57. The van der Waals surface area contributed by atoms with E-state index in [2.05, 4.69) is 5.32 Å². The van der Waals surface area contributed by atoms with E-state index in [-0.39, 0.29) is 6.23 Å². The van der Waals surface area contributed by atoms with Gasteiger partial charge in [0.25, 0.3) is 0 Å². The molecule has 13 heavy (non-hydrogen) atoms. The first-order valence-electron chi connectivity index (χ1n) is 5.10. The lowest BCUT2D eigenvalue weighted by Crippen LogP contribution is -2.41. The van der Waals surface area contributed by atoms with Gasteiger partial charge < -0.3 is 10.1 Å². The van der Waals surface area contributed by atoms with Crippen LogP contribution in [0.5, 0.6) is 0 Å². The fraction of sp³-hybridized carbons (Fsp3) is 1.00. The third-order valence-electron chi connectivity index (χ3n) is 2.03. The number of nitrogens with zero attached hydrogens (tertiary/aromatic N) is 1. The van der Waals surface area contributed by atoms with Crippen LogP contribution in [0.15, 0.2) is 0 Å². The van der Waals surface area contributed by atoms with Crippen LogP contribution in [0.3, 0.4) is 0 Å². The summed E-state index contributed by atoms with van der Waals surface area (Å²) < 4.78 is 5.57. The second kappa shape index (κ2) is 6.32. The van der Waals surface area contributed by atoms with E-state index in [0.29, 0.717) is 6.61 Å². The van der Waals surface area contributed by atoms with E-state index in [9.17, 15) is 0 Å². The molecule has 78 valence electrons. The molecule has 1 aliphatic rings. The topological polar surface area (TPSA) is 33.7 Å². The van der Waals surface area contributed by atoms with Crippen molar-refractivity contribution in [2.45, 2.75) is 26.5 Å². The van der Waals surface area contributed by atoms with Crippen LogP contribution in [0.25, 0.3) is 0 Å². The zero-order valence-electron chi connectivity index (χ0n) is 8.58. The number of hydrogen-bond donors (Lipinski definition) is 1. The van der Waals surface area contributed by atoms with Crippen LogP contribution in [0, 0.1) is 0 Å². The Bertz CT molecular complexity index is 119. The Hall–Kier alpha value is -0.160. The number of rotatable bonds is 4. The summed E-state index contributed by atoms with van der Waals surface area (Å²) in [5, 5.41) is 5.27. The number of ether oxygens (including phenoxy) is 1. The molecule has 1 unspecified atom stereocenters. The lowest BCUT2D eigenvalue weighted by Gasteiger charge is -2.27. The van der Waals surface area contributed by atoms with E-state index >= 15 is 0 Å². The Morgan fingerprint density at radius 2 is 2.23 bits per heavy atom. The fourth-order valence-electron chi connectivity index (χ4n) is 1.48. The zero-order chi connectivity index (χ0) is 9.52. The number of hydroxylamine groups is 2. The Labute approximate surface area is 80.1 Å². The molecule has 0 aliphatic carbocycles. The normalized spacial score (nSPS) is 25.8. The van der Waals surface area contributed by atoms with Gasteiger partial charge in [0.2, 0.25) is 0 Å². The molecule has 1 heterocycles. The van der Waals surface area contributed by atoms with E-state index in [4.69, 9.17) is 9.57 Å². The van der Waals surface area contributed by atoms with E-state index in [0.717, 1.165) is 32.7 Å². The van der Waals surface area contributed by atoms with Crippen molar-refractivity contribution in [1.82, 2.24) is 10.4 Å². The average Bonchev–Trinajstić information content (AvgIpc) is 2.33. The average molecular weight is 188 g/mol. The van der Waals surface area contributed by atoms with Gasteiger partial charge in [-0.25, -0.2) is 0 Å². The van der Waals surface area contributed by atoms with Crippen LogP contribution in [-0.4, -0.2) is 44.1 Å². The summed E-state index contributed by atoms with van der Waals surface area (Å²) >= 11 is 0. The fourth-order valence-corrected chi connectivity index (χ4v) is 1.48. The molecule has 1 atom stereocenters. The standard InChI is InChI=1S/C9H20N2O2/c1-3-12-9-8-10-6-5-7-11(9)13-4-2/h9-10H,3-8H2,1-2H3. The molecule has 0 saturated carbocycles. The smallest absolute Gasteiger partial charge is 0.145 e. The molecule has 1 saturated heterocycles. The van der Waals surface area contributed by atoms with Crippen molar-refractivity contribution in [2.75, 3.05) is 32.8 Å². The molecule has 0 radical (unpaired) electrons. The molecule has 1 rings (SSSR count). The molecule has 0 aromatic carbocycles. The van der Waals surface area contributed by atoms with Gasteiger partial charge in [0, 0.05) is 19.7 Å². The maximum Gasteiger partial charge on any atom is 0.145 e. The summed E-state index contributed by atoms with van der Waals surface area (Å²) in [5.41, 5.74) is 0. The maximum atomic E-state index is 5.57. The van der Waals surface area contributed by atoms with Gasteiger partial charge in [-0.3, -0.25) is 4.84 Å². The largest absolute Gasteiger partial charge is 0.360 e. The first-order valence-corrected chi connectivity index (χ1v) is 5.10. The monoisotopic (exact) mass is 188 g/mol. The van der Waals surface area contributed by atoms with Crippen molar-refractivity contribution in [2.24, 2.45) is 0 Å². The van der Waals surface area contributed by atoms with Crippen LogP contribution in [-0.2, 0) is 9.57 Å². The molecule has 1 N–H and O–H groups in total. The molecule has 4 nitrogen and oxygen atoms in total. The lowest BCUT2D eigenvalue weighted by molar-refractivity contribution is -0.244. The second-order valence-electron chi connectivity index (χ2n) is 3.03. The Balaban J connectivity index is 2.40. The van der Waals surface area contributed by atoms with Crippen LogP contribution in [0.1, 0.15) is 20.3 Å². The third kappa shape index (κ3) is 3.60. The summed E-state index contributed by atoms with van der Waals surface area (Å²) in [6, 6.07) is 0. The summed E-state index contributed by atoms with van der Waals surface area (Å²) in [5.74, 6) is 0. The predicted octanol–water partition coefficient (Wildman–Crippen LogP) is 0.596. The molecule has 0 bridgehead atoms. The summed E-state index contributed by atoms with van der Waals surface area (Å²) in [6.45, 7) is 8.31. The Kier molecular flexibility index (Phi) is 5.31. The van der Waals surface area contributed by atoms with E-state index < -0.39 is 0 Å². The number of hydrogen-bond acceptors (Lipinski definition) is 4.